The maximum absolute atomic E-state index is 5.38. The first-order valence-electron chi connectivity index (χ1n) is 8.02. The Hall–Kier alpha value is -0.940. The van der Waals surface area contributed by atoms with Crippen molar-refractivity contribution in [2.75, 3.05) is 26.2 Å². The lowest BCUT2D eigenvalue weighted by Gasteiger charge is -2.30. The summed E-state index contributed by atoms with van der Waals surface area (Å²) in [6.07, 6.45) is 5.02. The molecule has 3 rings (SSSR count). The molecule has 2 aliphatic rings. The first-order chi connectivity index (χ1) is 9.74. The van der Waals surface area contributed by atoms with Crippen LogP contribution < -0.4 is 5.32 Å². The monoisotopic (exact) mass is 278 g/mol. The van der Waals surface area contributed by atoms with Gasteiger partial charge in [-0.15, -0.1) is 0 Å². The average molecular weight is 278 g/mol. The third kappa shape index (κ3) is 3.04. The Labute approximate surface area is 121 Å². The third-order valence-electron chi connectivity index (χ3n) is 4.56. The fourth-order valence-corrected chi connectivity index (χ4v) is 3.35. The van der Waals surface area contributed by atoms with E-state index in [-0.39, 0.29) is 0 Å². The molecule has 0 saturated carbocycles. The van der Waals surface area contributed by atoms with E-state index in [1.165, 1.54) is 51.9 Å². The molecule has 3 heterocycles. The molecule has 5 nitrogen and oxygen atoms in total. The standard InChI is InChI=1S/C15H26N4O/c1-11(2)15-17-14(18-20-15)13-4-3-9-19(13)10-12-5-7-16-8-6-12/h11-13,16H,3-10H2,1-2H3. The van der Waals surface area contributed by atoms with Crippen LogP contribution in [0.5, 0.6) is 0 Å². The summed E-state index contributed by atoms with van der Waals surface area (Å²) in [5.74, 6) is 2.82. The smallest absolute Gasteiger partial charge is 0.229 e. The second-order valence-electron chi connectivity index (χ2n) is 6.49. The number of rotatable bonds is 4. The largest absolute Gasteiger partial charge is 0.339 e. The molecule has 2 aliphatic heterocycles. The summed E-state index contributed by atoms with van der Waals surface area (Å²) >= 11 is 0. The average Bonchev–Trinajstić information content (AvgIpc) is 3.08. The number of nitrogens with zero attached hydrogens (tertiary/aromatic N) is 3. The van der Waals surface area contributed by atoms with Crippen molar-refractivity contribution in [3.8, 4) is 0 Å². The molecule has 112 valence electrons. The molecule has 0 amide bonds. The van der Waals surface area contributed by atoms with Crippen LogP contribution in [0.1, 0.15) is 63.2 Å². The topological polar surface area (TPSA) is 54.2 Å². The number of likely N-dealkylation sites (tertiary alicyclic amines) is 1. The SMILES string of the molecule is CC(C)c1nc(C2CCCN2CC2CCNCC2)no1. The van der Waals surface area contributed by atoms with Crippen molar-refractivity contribution in [3.63, 3.8) is 0 Å². The summed E-state index contributed by atoms with van der Waals surface area (Å²) in [6, 6.07) is 0.376. The highest BCUT2D eigenvalue weighted by atomic mass is 16.5. The van der Waals surface area contributed by atoms with Gasteiger partial charge in [-0.3, -0.25) is 4.90 Å². The molecule has 0 aliphatic carbocycles. The van der Waals surface area contributed by atoms with Crippen LogP contribution in [0.25, 0.3) is 0 Å². The van der Waals surface area contributed by atoms with Crippen LogP contribution in [0, 0.1) is 5.92 Å². The van der Waals surface area contributed by atoms with E-state index in [4.69, 9.17) is 4.52 Å². The molecule has 0 spiro atoms. The quantitative estimate of drug-likeness (QED) is 0.916. The second kappa shape index (κ2) is 6.22. The molecule has 20 heavy (non-hydrogen) atoms. The zero-order valence-electron chi connectivity index (χ0n) is 12.6. The highest BCUT2D eigenvalue weighted by Crippen LogP contribution is 2.32. The second-order valence-corrected chi connectivity index (χ2v) is 6.49. The van der Waals surface area contributed by atoms with Gasteiger partial charge < -0.3 is 9.84 Å². The highest BCUT2D eigenvalue weighted by molar-refractivity contribution is 5.00. The summed E-state index contributed by atoms with van der Waals surface area (Å²) in [5, 5.41) is 7.66. The van der Waals surface area contributed by atoms with Crippen LogP contribution in [-0.4, -0.2) is 41.2 Å². The lowest BCUT2D eigenvalue weighted by atomic mass is 9.97. The minimum absolute atomic E-state index is 0.315. The van der Waals surface area contributed by atoms with Gasteiger partial charge in [-0.25, -0.2) is 0 Å². The molecule has 0 aromatic carbocycles. The van der Waals surface area contributed by atoms with Crippen molar-refractivity contribution in [3.05, 3.63) is 11.7 Å². The Morgan fingerprint density at radius 1 is 1.30 bits per heavy atom. The summed E-state index contributed by atoms with van der Waals surface area (Å²) in [7, 11) is 0. The first-order valence-corrected chi connectivity index (χ1v) is 8.02. The molecule has 2 fully saturated rings. The molecular formula is C15H26N4O. The van der Waals surface area contributed by atoms with Gasteiger partial charge in [0, 0.05) is 12.5 Å². The van der Waals surface area contributed by atoms with Crippen LogP contribution in [0.2, 0.25) is 0 Å². The molecule has 1 atom stereocenters. The van der Waals surface area contributed by atoms with E-state index >= 15 is 0 Å². The van der Waals surface area contributed by atoms with Crippen LogP contribution >= 0.6 is 0 Å². The van der Waals surface area contributed by atoms with Gasteiger partial charge in [0.2, 0.25) is 5.89 Å². The van der Waals surface area contributed by atoms with E-state index in [0.717, 1.165) is 17.6 Å². The molecular weight excluding hydrogens is 252 g/mol. The molecule has 1 aromatic heterocycles. The predicted molar refractivity (Wildman–Crippen MR) is 77.5 cm³/mol. The highest BCUT2D eigenvalue weighted by Gasteiger charge is 2.32. The molecule has 1 N–H and O–H groups in total. The fraction of sp³-hybridized carbons (Fsp3) is 0.867. The molecule has 0 radical (unpaired) electrons. The number of piperidine rings is 1. The normalized spacial score (nSPS) is 25.6. The van der Waals surface area contributed by atoms with Crippen molar-refractivity contribution in [1.29, 1.82) is 0 Å². The van der Waals surface area contributed by atoms with Gasteiger partial charge >= 0.3 is 0 Å². The van der Waals surface area contributed by atoms with Crippen LogP contribution in [0.15, 0.2) is 4.52 Å². The van der Waals surface area contributed by atoms with Gasteiger partial charge in [0.15, 0.2) is 5.82 Å². The van der Waals surface area contributed by atoms with Crippen molar-refractivity contribution in [2.45, 2.75) is 51.5 Å². The van der Waals surface area contributed by atoms with E-state index < -0.39 is 0 Å². The summed E-state index contributed by atoms with van der Waals surface area (Å²) < 4.78 is 5.38. The van der Waals surface area contributed by atoms with E-state index in [2.05, 4.69) is 34.2 Å². The molecule has 5 heteroatoms. The van der Waals surface area contributed by atoms with Gasteiger partial charge in [0.25, 0.3) is 0 Å². The summed E-state index contributed by atoms with van der Waals surface area (Å²) in [4.78, 5) is 7.18. The maximum Gasteiger partial charge on any atom is 0.229 e. The Balaban J connectivity index is 1.64. The Morgan fingerprint density at radius 3 is 2.80 bits per heavy atom. The zero-order valence-corrected chi connectivity index (χ0v) is 12.6. The van der Waals surface area contributed by atoms with Crippen molar-refractivity contribution < 1.29 is 4.52 Å². The van der Waals surface area contributed by atoms with Gasteiger partial charge in [-0.2, -0.15) is 4.98 Å². The molecule has 0 bridgehead atoms. The van der Waals surface area contributed by atoms with Crippen molar-refractivity contribution >= 4 is 0 Å². The van der Waals surface area contributed by atoms with E-state index in [1.54, 1.807) is 0 Å². The minimum atomic E-state index is 0.315. The number of hydrogen-bond acceptors (Lipinski definition) is 5. The Bertz CT molecular complexity index is 425. The maximum atomic E-state index is 5.38. The number of nitrogens with one attached hydrogen (secondary N) is 1. The molecule has 1 aromatic rings. The van der Waals surface area contributed by atoms with Crippen molar-refractivity contribution in [2.24, 2.45) is 5.92 Å². The molecule has 2 saturated heterocycles. The summed E-state index contributed by atoms with van der Waals surface area (Å²) in [5.41, 5.74) is 0. The van der Waals surface area contributed by atoms with E-state index in [1.807, 2.05) is 0 Å². The van der Waals surface area contributed by atoms with Crippen LogP contribution in [-0.2, 0) is 0 Å². The lowest BCUT2D eigenvalue weighted by Crippen LogP contribution is -2.36. The van der Waals surface area contributed by atoms with Gasteiger partial charge in [-0.1, -0.05) is 19.0 Å². The number of aromatic nitrogens is 2. The van der Waals surface area contributed by atoms with E-state index in [0.29, 0.717) is 12.0 Å². The first kappa shape index (κ1) is 14.0. The third-order valence-corrected chi connectivity index (χ3v) is 4.56. The van der Waals surface area contributed by atoms with Crippen LogP contribution in [0.4, 0.5) is 0 Å². The molecule has 1 unspecified atom stereocenters. The van der Waals surface area contributed by atoms with Gasteiger partial charge in [-0.05, 0) is 51.2 Å². The Morgan fingerprint density at radius 2 is 2.10 bits per heavy atom. The minimum Gasteiger partial charge on any atom is -0.339 e. The summed E-state index contributed by atoms with van der Waals surface area (Å²) in [6.45, 7) is 8.90. The zero-order chi connectivity index (χ0) is 13.9. The van der Waals surface area contributed by atoms with Crippen molar-refractivity contribution in [1.82, 2.24) is 20.4 Å². The predicted octanol–water partition coefficient (Wildman–Crippen LogP) is 2.33. The fourth-order valence-electron chi connectivity index (χ4n) is 3.35. The Kier molecular flexibility index (Phi) is 4.36. The van der Waals surface area contributed by atoms with Gasteiger partial charge in [0.1, 0.15) is 0 Å². The van der Waals surface area contributed by atoms with E-state index in [9.17, 15) is 0 Å². The number of hydrogen-bond donors (Lipinski definition) is 1. The van der Waals surface area contributed by atoms with Crippen LogP contribution in [0.3, 0.4) is 0 Å². The van der Waals surface area contributed by atoms with Gasteiger partial charge in [0.05, 0.1) is 6.04 Å². The lowest BCUT2D eigenvalue weighted by molar-refractivity contribution is 0.185.